The monoisotopic (exact) mass is 436 g/mol. The van der Waals surface area contributed by atoms with Gasteiger partial charge in [0.2, 0.25) is 0 Å². The second-order valence-corrected chi connectivity index (χ2v) is 12.4. The van der Waals surface area contributed by atoms with E-state index in [4.69, 9.17) is 4.18 Å². The number of carbonyl (C=O) groups is 2. The lowest BCUT2D eigenvalue weighted by atomic mass is 9.33. The lowest BCUT2D eigenvalue weighted by molar-refractivity contribution is -0.206. The van der Waals surface area contributed by atoms with E-state index >= 15 is 0 Å². The van der Waals surface area contributed by atoms with E-state index in [2.05, 4.69) is 27.4 Å². The molecule has 0 aromatic heterocycles. The second-order valence-electron chi connectivity index (χ2n) is 10.7. The van der Waals surface area contributed by atoms with Crippen LogP contribution in [0, 0.1) is 39.9 Å². The molecule has 5 rings (SSSR count). The Morgan fingerprint density at radius 3 is 2.43 bits per heavy atom. The molecular formula is C24H36O5S. The van der Waals surface area contributed by atoms with E-state index in [0.29, 0.717) is 12.0 Å². The number of hydrogen-bond donors (Lipinski definition) is 0. The van der Waals surface area contributed by atoms with Gasteiger partial charge in [-0.2, -0.15) is 8.42 Å². The molecule has 1 spiro atoms. The van der Waals surface area contributed by atoms with Crippen molar-refractivity contribution >= 4 is 21.7 Å². The molecular weight excluding hydrogens is 400 g/mol. The molecule has 2 bridgehead atoms. The Kier molecular flexibility index (Phi) is 5.17. The molecule has 30 heavy (non-hydrogen) atoms. The standard InChI is InChI=1S/C24H36O5S/c1-6-22(4)10-8-11-23(7-2)18-13-16-9-12-24(18,20(25)15(16)3)21(26)17(19(22)23)14-29-30(5,27)28/h16-19H,3,6-14H2,1-2,4-5H3/t16-,17?,18?,19?,22+,23-,24-/m0/s1. The summed E-state index contributed by atoms with van der Waals surface area (Å²) in [6.45, 7) is 10.6. The van der Waals surface area contributed by atoms with Crippen molar-refractivity contribution in [2.24, 2.45) is 39.9 Å². The van der Waals surface area contributed by atoms with Crippen molar-refractivity contribution in [1.82, 2.24) is 0 Å². The third kappa shape index (κ3) is 2.78. The molecule has 5 fully saturated rings. The normalized spacial score (nSPS) is 45.9. The average molecular weight is 437 g/mol. The molecule has 5 aliphatic carbocycles. The third-order valence-corrected chi connectivity index (χ3v) is 10.3. The Labute approximate surface area is 181 Å². The van der Waals surface area contributed by atoms with Crippen molar-refractivity contribution < 1.29 is 22.2 Å². The highest BCUT2D eigenvalue weighted by Gasteiger charge is 2.73. The maximum atomic E-state index is 14.2. The van der Waals surface area contributed by atoms with Crippen LogP contribution in [0.2, 0.25) is 0 Å². The first-order valence-electron chi connectivity index (χ1n) is 11.6. The van der Waals surface area contributed by atoms with Crippen LogP contribution in [0.3, 0.4) is 0 Å². The van der Waals surface area contributed by atoms with Crippen LogP contribution in [0.1, 0.15) is 72.1 Å². The van der Waals surface area contributed by atoms with Gasteiger partial charge in [-0.3, -0.25) is 13.8 Å². The summed E-state index contributed by atoms with van der Waals surface area (Å²) in [5.41, 5.74) is -0.589. The van der Waals surface area contributed by atoms with Crippen LogP contribution in [-0.4, -0.2) is 32.8 Å². The van der Waals surface area contributed by atoms with Crippen LogP contribution < -0.4 is 0 Å². The molecule has 0 aliphatic heterocycles. The first kappa shape index (κ1) is 22.2. The molecule has 5 aliphatic rings. The minimum Gasteiger partial charge on any atom is -0.298 e. The minimum absolute atomic E-state index is 0.0408. The molecule has 3 unspecified atom stereocenters. The van der Waals surface area contributed by atoms with Gasteiger partial charge in [-0.1, -0.05) is 40.2 Å². The van der Waals surface area contributed by atoms with Gasteiger partial charge in [-0.25, -0.2) is 0 Å². The first-order valence-corrected chi connectivity index (χ1v) is 13.4. The summed E-state index contributed by atoms with van der Waals surface area (Å²) in [7, 11) is -3.68. The molecule has 5 saturated carbocycles. The number of hydrogen-bond acceptors (Lipinski definition) is 5. The van der Waals surface area contributed by atoms with Gasteiger partial charge >= 0.3 is 0 Å². The average Bonchev–Trinajstić information content (AvgIpc) is 2.71. The van der Waals surface area contributed by atoms with Gasteiger partial charge in [0.15, 0.2) is 11.6 Å². The Morgan fingerprint density at radius 1 is 1.13 bits per heavy atom. The number of rotatable bonds is 5. The van der Waals surface area contributed by atoms with E-state index in [1.165, 1.54) is 0 Å². The first-order chi connectivity index (χ1) is 14.0. The van der Waals surface area contributed by atoms with Crippen LogP contribution >= 0.6 is 0 Å². The van der Waals surface area contributed by atoms with Gasteiger partial charge < -0.3 is 0 Å². The molecule has 5 nitrogen and oxygen atoms in total. The van der Waals surface area contributed by atoms with E-state index in [1.54, 1.807) is 0 Å². The largest absolute Gasteiger partial charge is 0.298 e. The topological polar surface area (TPSA) is 77.5 Å². The highest BCUT2D eigenvalue weighted by atomic mass is 32.2. The second kappa shape index (κ2) is 6.99. The van der Waals surface area contributed by atoms with Crippen LogP contribution in [0.5, 0.6) is 0 Å². The summed E-state index contributed by atoms with van der Waals surface area (Å²) in [5, 5.41) is 0. The number of carbonyl (C=O) groups excluding carboxylic acids is 2. The van der Waals surface area contributed by atoms with E-state index in [-0.39, 0.29) is 46.8 Å². The molecule has 0 heterocycles. The maximum absolute atomic E-state index is 14.2. The van der Waals surface area contributed by atoms with Gasteiger partial charge in [-0.05, 0) is 72.7 Å². The lowest BCUT2D eigenvalue weighted by Crippen LogP contribution is -2.70. The molecule has 6 heteroatoms. The van der Waals surface area contributed by atoms with Gasteiger partial charge in [0.25, 0.3) is 10.1 Å². The van der Waals surface area contributed by atoms with Gasteiger partial charge in [0.1, 0.15) is 0 Å². The fourth-order valence-corrected chi connectivity index (χ4v) is 8.76. The van der Waals surface area contributed by atoms with E-state index in [1.807, 2.05) is 0 Å². The maximum Gasteiger partial charge on any atom is 0.264 e. The van der Waals surface area contributed by atoms with E-state index in [0.717, 1.165) is 51.2 Å². The molecule has 0 amide bonds. The highest BCUT2D eigenvalue weighted by Crippen LogP contribution is 2.72. The predicted octanol–water partition coefficient (Wildman–Crippen LogP) is 4.32. The number of fused-ring (bicyclic) bond motifs is 3. The molecule has 0 radical (unpaired) electrons. The third-order valence-electron chi connectivity index (χ3n) is 9.75. The van der Waals surface area contributed by atoms with Crippen molar-refractivity contribution in [3.05, 3.63) is 12.2 Å². The summed E-state index contributed by atoms with van der Waals surface area (Å²) < 4.78 is 29.0. The van der Waals surface area contributed by atoms with Crippen LogP contribution in [-0.2, 0) is 23.9 Å². The van der Waals surface area contributed by atoms with Crippen LogP contribution in [0.15, 0.2) is 12.2 Å². The molecule has 0 aromatic carbocycles. The van der Waals surface area contributed by atoms with E-state index in [9.17, 15) is 18.0 Å². The highest BCUT2D eigenvalue weighted by molar-refractivity contribution is 7.85. The Balaban J connectivity index is 1.91. The Hall–Kier alpha value is -1.01. The van der Waals surface area contributed by atoms with Crippen molar-refractivity contribution in [3.8, 4) is 0 Å². The lowest BCUT2D eigenvalue weighted by Gasteiger charge is -2.69. The zero-order valence-electron chi connectivity index (χ0n) is 18.8. The molecule has 0 N–H and O–H groups in total. The van der Waals surface area contributed by atoms with Crippen LogP contribution in [0.25, 0.3) is 0 Å². The van der Waals surface area contributed by atoms with Gasteiger partial charge in [0, 0.05) is 5.92 Å². The van der Waals surface area contributed by atoms with Gasteiger partial charge in [-0.15, -0.1) is 0 Å². The van der Waals surface area contributed by atoms with Gasteiger partial charge in [0.05, 0.1) is 18.3 Å². The zero-order valence-corrected chi connectivity index (χ0v) is 19.6. The summed E-state index contributed by atoms with van der Waals surface area (Å²) in [4.78, 5) is 27.8. The zero-order chi connectivity index (χ0) is 22.1. The predicted molar refractivity (Wildman–Crippen MR) is 115 cm³/mol. The number of allylic oxidation sites excluding steroid dienone is 1. The molecule has 0 aromatic rings. The van der Waals surface area contributed by atoms with Crippen molar-refractivity contribution in [3.63, 3.8) is 0 Å². The summed E-state index contributed by atoms with van der Waals surface area (Å²) in [6, 6.07) is 0. The smallest absolute Gasteiger partial charge is 0.264 e. The SMILES string of the molecule is C=C1C(=O)[C@]23CC[C@H]1CC2[C@]1(CC)CCC[C@@](C)(CC)C1C(COS(C)(=O)=O)C3=O. The summed E-state index contributed by atoms with van der Waals surface area (Å²) in [6.07, 6.45) is 8.31. The Bertz CT molecular complexity index is 891. The molecule has 0 saturated heterocycles. The quantitative estimate of drug-likeness (QED) is 0.364. The molecule has 7 atom stereocenters. The fraction of sp³-hybridized carbons (Fsp3) is 0.833. The molecule has 168 valence electrons. The number of Topliss-reactive ketones (excluding diaryl/α,β-unsaturated/α-hetero) is 2. The van der Waals surface area contributed by atoms with E-state index < -0.39 is 21.5 Å². The number of ketones is 2. The minimum atomic E-state index is -3.68. The Morgan fingerprint density at radius 2 is 1.83 bits per heavy atom. The summed E-state index contributed by atoms with van der Waals surface area (Å²) in [5.74, 6) is -0.396. The fourth-order valence-electron chi connectivity index (χ4n) is 8.37. The van der Waals surface area contributed by atoms with Crippen molar-refractivity contribution in [2.75, 3.05) is 12.9 Å². The van der Waals surface area contributed by atoms with Crippen LogP contribution in [0.4, 0.5) is 0 Å². The summed E-state index contributed by atoms with van der Waals surface area (Å²) >= 11 is 0. The van der Waals surface area contributed by atoms with Crippen molar-refractivity contribution in [2.45, 2.75) is 72.1 Å². The van der Waals surface area contributed by atoms with Crippen molar-refractivity contribution in [1.29, 1.82) is 0 Å².